The molecule has 3 aromatic carbocycles. The van der Waals surface area contributed by atoms with Crippen LogP contribution in [0.4, 0.5) is 0 Å². The maximum Gasteiger partial charge on any atom is 0.228 e. The van der Waals surface area contributed by atoms with E-state index in [0.717, 1.165) is 28.0 Å². The summed E-state index contributed by atoms with van der Waals surface area (Å²) in [5, 5.41) is 14.7. The van der Waals surface area contributed by atoms with Gasteiger partial charge in [0.05, 0.1) is 12.7 Å². The van der Waals surface area contributed by atoms with Gasteiger partial charge in [-0.3, -0.25) is 0 Å². The van der Waals surface area contributed by atoms with Crippen LogP contribution in [0, 0.1) is 0 Å². The second-order valence-corrected chi connectivity index (χ2v) is 7.95. The lowest BCUT2D eigenvalue weighted by molar-refractivity contribution is 0.414. The van der Waals surface area contributed by atoms with Crippen molar-refractivity contribution in [1.29, 1.82) is 0 Å². The summed E-state index contributed by atoms with van der Waals surface area (Å²) in [4.78, 5) is 9.42. The Balaban J connectivity index is 1.49. The van der Waals surface area contributed by atoms with E-state index >= 15 is 0 Å². The van der Waals surface area contributed by atoms with Gasteiger partial charge < -0.3 is 14.6 Å². The van der Waals surface area contributed by atoms with Crippen molar-refractivity contribution in [3.05, 3.63) is 107 Å². The Morgan fingerprint density at radius 2 is 1.85 bits per heavy atom. The number of nitrogens with zero attached hydrogens (tertiary/aromatic N) is 4. The fraction of sp³-hybridized carbons (Fsp3) is 0.115. The van der Waals surface area contributed by atoms with Crippen molar-refractivity contribution in [2.75, 3.05) is 7.11 Å². The van der Waals surface area contributed by atoms with Crippen LogP contribution in [-0.4, -0.2) is 31.8 Å². The monoisotopic (exact) mass is 436 g/mol. The number of rotatable bonds is 4. The Kier molecular flexibility index (Phi) is 4.47. The van der Waals surface area contributed by atoms with E-state index in [4.69, 9.17) is 14.5 Å². The summed E-state index contributed by atoms with van der Waals surface area (Å²) in [6.45, 7) is 0. The molecule has 162 valence electrons. The fourth-order valence-electron chi connectivity index (χ4n) is 4.34. The molecule has 0 radical (unpaired) electrons. The molecule has 1 aliphatic rings. The van der Waals surface area contributed by atoms with Crippen LogP contribution in [0.15, 0.2) is 79.1 Å². The predicted octanol–water partition coefficient (Wildman–Crippen LogP) is 4.72. The highest BCUT2D eigenvalue weighted by Crippen LogP contribution is 2.48. The van der Waals surface area contributed by atoms with Crippen LogP contribution in [0.3, 0.4) is 0 Å². The van der Waals surface area contributed by atoms with Crippen molar-refractivity contribution >= 4 is 5.65 Å². The van der Waals surface area contributed by atoms with Gasteiger partial charge in [-0.05, 0) is 29.3 Å². The van der Waals surface area contributed by atoms with E-state index in [2.05, 4.69) is 22.2 Å². The zero-order valence-corrected chi connectivity index (χ0v) is 17.8. The first kappa shape index (κ1) is 19.3. The second-order valence-electron chi connectivity index (χ2n) is 7.95. The highest BCUT2D eigenvalue weighted by molar-refractivity contribution is 5.66. The maximum absolute atomic E-state index is 10.0. The third-order valence-electron chi connectivity index (χ3n) is 5.89. The summed E-state index contributed by atoms with van der Waals surface area (Å²) in [5.74, 6) is 2.56. The Bertz CT molecular complexity index is 1460. The molecule has 1 atom stereocenters. The van der Waals surface area contributed by atoms with Crippen molar-refractivity contribution in [1.82, 2.24) is 19.6 Å². The van der Waals surface area contributed by atoms with Gasteiger partial charge in [-0.1, -0.05) is 48.5 Å². The Hall–Kier alpha value is -4.39. The largest absolute Gasteiger partial charge is 0.508 e. The lowest BCUT2D eigenvalue weighted by Gasteiger charge is -2.27. The van der Waals surface area contributed by atoms with Gasteiger partial charge >= 0.3 is 0 Å². The second kappa shape index (κ2) is 7.63. The van der Waals surface area contributed by atoms with E-state index in [1.54, 1.807) is 30.1 Å². The number of benzene rings is 3. The molecule has 0 saturated heterocycles. The molecule has 0 saturated carbocycles. The molecule has 0 fully saturated rings. The number of hydrogen-bond acceptors (Lipinski definition) is 6. The summed E-state index contributed by atoms with van der Waals surface area (Å²) >= 11 is 0. The summed E-state index contributed by atoms with van der Waals surface area (Å²) < 4.78 is 13.1. The fourth-order valence-corrected chi connectivity index (χ4v) is 4.34. The van der Waals surface area contributed by atoms with Crippen molar-refractivity contribution in [3.63, 3.8) is 0 Å². The smallest absolute Gasteiger partial charge is 0.228 e. The molecule has 2 aromatic heterocycles. The van der Waals surface area contributed by atoms with E-state index in [1.807, 2.05) is 48.5 Å². The molecule has 3 heterocycles. The van der Waals surface area contributed by atoms with E-state index in [0.29, 0.717) is 29.5 Å². The molecular weight excluding hydrogens is 416 g/mol. The van der Waals surface area contributed by atoms with Gasteiger partial charge in [-0.15, -0.1) is 5.10 Å². The first-order valence-corrected chi connectivity index (χ1v) is 10.6. The Morgan fingerprint density at radius 1 is 1.03 bits per heavy atom. The topological polar surface area (TPSA) is 81.8 Å². The lowest BCUT2D eigenvalue weighted by atomic mass is 9.84. The molecule has 5 aromatic rings. The highest BCUT2D eigenvalue weighted by atomic mass is 16.5. The predicted molar refractivity (Wildman–Crippen MR) is 122 cm³/mol. The van der Waals surface area contributed by atoms with Gasteiger partial charge in [-0.2, -0.15) is 0 Å². The Morgan fingerprint density at radius 3 is 2.64 bits per heavy atom. The molecule has 7 heteroatoms. The van der Waals surface area contributed by atoms with Gasteiger partial charge in [0.15, 0.2) is 11.5 Å². The van der Waals surface area contributed by atoms with Crippen LogP contribution in [0.5, 0.6) is 23.1 Å². The summed E-state index contributed by atoms with van der Waals surface area (Å²) in [6.07, 6.45) is 2.20. The van der Waals surface area contributed by atoms with Crippen LogP contribution in [0.25, 0.3) is 5.65 Å². The third kappa shape index (κ3) is 3.34. The molecule has 33 heavy (non-hydrogen) atoms. The van der Waals surface area contributed by atoms with E-state index < -0.39 is 0 Å². The number of phenolic OH excluding ortho intramolecular Hbond substituents is 1. The zero-order valence-electron chi connectivity index (χ0n) is 17.8. The van der Waals surface area contributed by atoms with Crippen LogP contribution >= 0.6 is 0 Å². The van der Waals surface area contributed by atoms with E-state index in [1.165, 1.54) is 0 Å². The standard InChI is InChI=1S/C26H20N4O3/c1-32-19-10-7-16(8-11-19)13-22-28-25-24-23(17-5-3-2-4-6-17)20-12-9-18(31)14-21(20)33-26(24)27-15-30(25)29-22/h2-12,14-15,23,31H,13H2,1H3/t23-/m1/s1. The van der Waals surface area contributed by atoms with Crippen molar-refractivity contribution in [3.8, 4) is 23.1 Å². The molecule has 0 spiro atoms. The SMILES string of the molecule is COc1ccc(Cc2nc3c4c(ncn3n2)Oc2cc(O)ccc2[C@H]4c2ccccc2)cc1. The first-order chi connectivity index (χ1) is 16.2. The van der Waals surface area contributed by atoms with Crippen molar-refractivity contribution in [2.45, 2.75) is 12.3 Å². The molecule has 0 unspecified atom stereocenters. The summed E-state index contributed by atoms with van der Waals surface area (Å²) in [6, 6.07) is 23.2. The van der Waals surface area contributed by atoms with E-state index in [9.17, 15) is 5.11 Å². The number of aromatic nitrogens is 4. The molecule has 0 amide bonds. The van der Waals surface area contributed by atoms with Gasteiger partial charge in [0.1, 0.15) is 23.6 Å². The van der Waals surface area contributed by atoms with Crippen molar-refractivity contribution in [2.24, 2.45) is 0 Å². The minimum atomic E-state index is -0.153. The van der Waals surface area contributed by atoms with Crippen LogP contribution in [0.2, 0.25) is 0 Å². The summed E-state index contributed by atoms with van der Waals surface area (Å²) in [5.41, 5.74) is 4.68. The third-order valence-corrected chi connectivity index (χ3v) is 5.89. The van der Waals surface area contributed by atoms with Gasteiger partial charge in [0, 0.05) is 24.0 Å². The molecule has 7 nitrogen and oxygen atoms in total. The highest BCUT2D eigenvalue weighted by Gasteiger charge is 2.33. The lowest BCUT2D eigenvalue weighted by Crippen LogP contribution is -2.14. The number of phenols is 1. The number of ether oxygens (including phenoxy) is 2. The zero-order chi connectivity index (χ0) is 22.4. The van der Waals surface area contributed by atoms with Crippen LogP contribution in [-0.2, 0) is 6.42 Å². The molecule has 6 rings (SSSR count). The normalized spacial score (nSPS) is 14.4. The van der Waals surface area contributed by atoms with Crippen molar-refractivity contribution < 1.29 is 14.6 Å². The molecule has 1 N–H and O–H groups in total. The average molecular weight is 436 g/mol. The van der Waals surface area contributed by atoms with Gasteiger partial charge in [0.25, 0.3) is 0 Å². The molecule has 0 aliphatic carbocycles. The number of hydrogen-bond donors (Lipinski definition) is 1. The maximum atomic E-state index is 10.0. The van der Waals surface area contributed by atoms with Crippen LogP contribution in [0.1, 0.15) is 34.0 Å². The number of fused-ring (bicyclic) bond motifs is 4. The van der Waals surface area contributed by atoms with E-state index in [-0.39, 0.29) is 11.7 Å². The number of methoxy groups -OCH3 is 1. The minimum Gasteiger partial charge on any atom is -0.508 e. The summed E-state index contributed by atoms with van der Waals surface area (Å²) in [7, 11) is 1.65. The van der Waals surface area contributed by atoms with Gasteiger partial charge in [0.2, 0.25) is 5.88 Å². The molecular formula is C26H20N4O3. The van der Waals surface area contributed by atoms with Gasteiger partial charge in [-0.25, -0.2) is 14.5 Å². The number of aromatic hydroxyl groups is 1. The molecule has 0 bridgehead atoms. The average Bonchev–Trinajstić information content (AvgIpc) is 3.26. The Labute approximate surface area is 189 Å². The van der Waals surface area contributed by atoms with Crippen LogP contribution < -0.4 is 9.47 Å². The minimum absolute atomic E-state index is 0.148. The first-order valence-electron chi connectivity index (χ1n) is 10.6. The quantitative estimate of drug-likeness (QED) is 0.431. The molecule has 1 aliphatic heterocycles.